The number of amidine groups is 1. The van der Waals surface area contributed by atoms with Crippen LogP contribution in [0.5, 0.6) is 0 Å². The van der Waals surface area contributed by atoms with E-state index in [4.69, 9.17) is 21.6 Å². The molecule has 0 spiro atoms. The summed E-state index contributed by atoms with van der Waals surface area (Å²) in [6, 6.07) is 26.1. The van der Waals surface area contributed by atoms with E-state index in [1.165, 1.54) is 5.57 Å². The van der Waals surface area contributed by atoms with E-state index in [2.05, 4.69) is 26.0 Å². The van der Waals surface area contributed by atoms with Gasteiger partial charge in [0.2, 0.25) is 0 Å². The van der Waals surface area contributed by atoms with Crippen molar-refractivity contribution in [1.82, 2.24) is 0 Å². The summed E-state index contributed by atoms with van der Waals surface area (Å²) in [5, 5.41) is 0.693. The molecule has 0 bridgehead atoms. The Morgan fingerprint density at radius 3 is 2.00 bits per heavy atom. The monoisotopic (exact) mass is 370 g/mol. The first-order valence-corrected chi connectivity index (χ1v) is 9.27. The zero-order valence-corrected chi connectivity index (χ0v) is 16.0. The van der Waals surface area contributed by atoms with E-state index in [1.807, 2.05) is 66.7 Å². The van der Waals surface area contributed by atoms with E-state index in [0.717, 1.165) is 33.7 Å². The van der Waals surface area contributed by atoms with Gasteiger partial charge in [0.05, 0.1) is 11.4 Å². The predicted molar refractivity (Wildman–Crippen MR) is 115 cm³/mol. The van der Waals surface area contributed by atoms with Crippen molar-refractivity contribution in [2.75, 3.05) is 0 Å². The summed E-state index contributed by atoms with van der Waals surface area (Å²) in [7, 11) is 0. The number of hydrogen-bond acceptors (Lipinski definition) is 2. The maximum absolute atomic E-state index is 6.34. The minimum absolute atomic E-state index is 0.693. The number of halogens is 1. The van der Waals surface area contributed by atoms with Crippen LogP contribution in [0.25, 0.3) is 5.57 Å². The Hall–Kier alpha value is -2.97. The molecule has 0 aliphatic carbocycles. The Balaban J connectivity index is 2.05. The van der Waals surface area contributed by atoms with Crippen LogP contribution in [0.4, 0.5) is 5.69 Å². The van der Waals surface area contributed by atoms with Crippen molar-refractivity contribution < 1.29 is 0 Å². The average Bonchev–Trinajstić information content (AvgIpc) is 2.86. The first-order chi connectivity index (χ1) is 13.1. The number of rotatable bonds is 2. The summed E-state index contributed by atoms with van der Waals surface area (Å²) in [5.41, 5.74) is 7.10. The third kappa shape index (κ3) is 3.49. The zero-order chi connectivity index (χ0) is 18.8. The van der Waals surface area contributed by atoms with Gasteiger partial charge < -0.3 is 0 Å². The van der Waals surface area contributed by atoms with Gasteiger partial charge in [0.25, 0.3) is 0 Å². The molecule has 1 aliphatic rings. The molecule has 0 atom stereocenters. The summed E-state index contributed by atoms with van der Waals surface area (Å²) >= 11 is 6.34. The summed E-state index contributed by atoms with van der Waals surface area (Å²) < 4.78 is 0. The summed E-state index contributed by atoms with van der Waals surface area (Å²) in [5.74, 6) is 0.703. The molecule has 3 aromatic rings. The Morgan fingerprint density at radius 1 is 0.741 bits per heavy atom. The Morgan fingerprint density at radius 2 is 1.37 bits per heavy atom. The molecule has 2 nitrogen and oxygen atoms in total. The van der Waals surface area contributed by atoms with Crippen LogP contribution in [0.1, 0.15) is 30.5 Å². The molecular weight excluding hydrogens is 352 g/mol. The van der Waals surface area contributed by atoms with Gasteiger partial charge in [0.1, 0.15) is 0 Å². The first kappa shape index (κ1) is 17.4. The fourth-order valence-corrected chi connectivity index (χ4v) is 3.43. The smallest absolute Gasteiger partial charge is 0.160 e. The maximum Gasteiger partial charge on any atom is 0.160 e. The molecular formula is C24H19ClN2. The SMILES string of the molecule is CC(C)=C1C(c2ccccc2)=NC(c2ccccc2)=Nc2ccc(Cl)cc21. The first-order valence-electron chi connectivity index (χ1n) is 8.89. The molecule has 3 heteroatoms. The highest BCUT2D eigenvalue weighted by Crippen LogP contribution is 2.36. The van der Waals surface area contributed by atoms with Gasteiger partial charge >= 0.3 is 0 Å². The number of benzene rings is 3. The molecule has 27 heavy (non-hydrogen) atoms. The molecule has 3 aromatic carbocycles. The molecule has 0 saturated carbocycles. The largest absolute Gasteiger partial charge is 0.228 e. The van der Waals surface area contributed by atoms with Crippen LogP contribution >= 0.6 is 11.6 Å². The molecule has 0 amide bonds. The van der Waals surface area contributed by atoms with Crippen molar-refractivity contribution in [3.63, 3.8) is 0 Å². The molecule has 0 fully saturated rings. The Labute approximate surface area is 164 Å². The lowest BCUT2D eigenvalue weighted by Gasteiger charge is -2.14. The third-order valence-corrected chi connectivity index (χ3v) is 4.72. The van der Waals surface area contributed by atoms with Crippen LogP contribution in [-0.4, -0.2) is 11.5 Å². The van der Waals surface area contributed by atoms with E-state index in [0.29, 0.717) is 10.9 Å². The van der Waals surface area contributed by atoms with Gasteiger partial charge in [-0.05, 0) is 32.0 Å². The molecule has 132 valence electrons. The predicted octanol–water partition coefficient (Wildman–Crippen LogP) is 6.71. The number of aliphatic imine (C=N–C) groups is 2. The highest BCUT2D eigenvalue weighted by Gasteiger charge is 2.22. The topological polar surface area (TPSA) is 24.7 Å². The van der Waals surface area contributed by atoms with E-state index in [9.17, 15) is 0 Å². The van der Waals surface area contributed by atoms with Gasteiger partial charge in [-0.15, -0.1) is 0 Å². The summed E-state index contributed by atoms with van der Waals surface area (Å²) in [4.78, 5) is 9.92. The average molecular weight is 371 g/mol. The second-order valence-corrected chi connectivity index (χ2v) is 7.10. The van der Waals surface area contributed by atoms with Crippen molar-refractivity contribution in [2.45, 2.75) is 13.8 Å². The van der Waals surface area contributed by atoms with Crippen molar-refractivity contribution in [1.29, 1.82) is 0 Å². The van der Waals surface area contributed by atoms with E-state index >= 15 is 0 Å². The molecule has 0 N–H and O–H groups in total. The minimum Gasteiger partial charge on any atom is -0.228 e. The number of hydrogen-bond donors (Lipinski definition) is 0. The number of allylic oxidation sites excluding steroid dienone is 2. The number of fused-ring (bicyclic) bond motifs is 1. The van der Waals surface area contributed by atoms with Crippen LogP contribution in [0.3, 0.4) is 0 Å². The van der Waals surface area contributed by atoms with Crippen molar-refractivity contribution >= 4 is 34.4 Å². The van der Waals surface area contributed by atoms with E-state index < -0.39 is 0 Å². The standard InChI is InChI=1S/C24H19ClN2/c1-16(2)22-20-15-19(25)13-14-21(20)26-24(18-11-7-4-8-12-18)27-23(22)17-9-5-3-6-10-17/h3-15H,1-2H3. The van der Waals surface area contributed by atoms with E-state index in [-0.39, 0.29) is 0 Å². The van der Waals surface area contributed by atoms with E-state index in [1.54, 1.807) is 0 Å². The second kappa shape index (κ2) is 7.34. The molecule has 0 radical (unpaired) electrons. The maximum atomic E-state index is 6.34. The highest BCUT2D eigenvalue weighted by molar-refractivity contribution is 6.38. The molecule has 1 aliphatic heterocycles. The van der Waals surface area contributed by atoms with Gasteiger partial charge in [-0.2, -0.15) is 0 Å². The van der Waals surface area contributed by atoms with Crippen LogP contribution in [0, 0.1) is 0 Å². The summed E-state index contributed by atoms with van der Waals surface area (Å²) in [6.07, 6.45) is 0. The van der Waals surface area contributed by atoms with Crippen LogP contribution in [0.2, 0.25) is 5.02 Å². The molecule has 0 saturated heterocycles. The van der Waals surface area contributed by atoms with Gasteiger partial charge in [0.15, 0.2) is 5.84 Å². The molecule has 0 aromatic heterocycles. The lowest BCUT2D eigenvalue weighted by molar-refractivity contribution is 1.39. The molecule has 1 heterocycles. The van der Waals surface area contributed by atoms with Crippen molar-refractivity contribution in [3.05, 3.63) is 106 Å². The minimum atomic E-state index is 0.693. The quantitative estimate of drug-likeness (QED) is 0.478. The Kier molecular flexibility index (Phi) is 4.74. The lowest BCUT2D eigenvalue weighted by atomic mass is 9.91. The normalized spacial score (nSPS) is 13.4. The van der Waals surface area contributed by atoms with Crippen LogP contribution in [0.15, 0.2) is 94.4 Å². The second-order valence-electron chi connectivity index (χ2n) is 6.66. The van der Waals surface area contributed by atoms with Gasteiger partial charge in [-0.1, -0.05) is 77.8 Å². The van der Waals surface area contributed by atoms with Gasteiger partial charge in [0, 0.05) is 27.3 Å². The number of nitrogens with zero attached hydrogens (tertiary/aromatic N) is 2. The molecule has 0 unspecified atom stereocenters. The van der Waals surface area contributed by atoms with Crippen molar-refractivity contribution in [3.8, 4) is 0 Å². The fraction of sp³-hybridized carbons (Fsp3) is 0.0833. The summed E-state index contributed by atoms with van der Waals surface area (Å²) in [6.45, 7) is 4.21. The highest BCUT2D eigenvalue weighted by atomic mass is 35.5. The van der Waals surface area contributed by atoms with Gasteiger partial charge in [-0.3, -0.25) is 0 Å². The lowest BCUT2D eigenvalue weighted by Crippen LogP contribution is -2.08. The van der Waals surface area contributed by atoms with Crippen molar-refractivity contribution in [2.24, 2.45) is 9.98 Å². The van der Waals surface area contributed by atoms with Gasteiger partial charge in [-0.25, -0.2) is 9.98 Å². The fourth-order valence-electron chi connectivity index (χ4n) is 3.26. The molecule has 4 rings (SSSR count). The third-order valence-electron chi connectivity index (χ3n) is 4.49. The van der Waals surface area contributed by atoms with Crippen LogP contribution < -0.4 is 0 Å². The Bertz CT molecular complexity index is 1070. The van der Waals surface area contributed by atoms with Crippen LogP contribution in [-0.2, 0) is 0 Å². The zero-order valence-electron chi connectivity index (χ0n) is 15.3.